The number of aryl methyl sites for hydroxylation is 1. The van der Waals surface area contributed by atoms with E-state index in [1.54, 1.807) is 12.1 Å². The molecule has 0 bridgehead atoms. The van der Waals surface area contributed by atoms with Crippen LogP contribution in [-0.2, 0) is 11.2 Å². The first kappa shape index (κ1) is 17.6. The Labute approximate surface area is 137 Å². The van der Waals surface area contributed by atoms with Gasteiger partial charge in [0.25, 0.3) is 11.6 Å². The molecule has 8 heteroatoms. The van der Waals surface area contributed by atoms with Gasteiger partial charge in [-0.3, -0.25) is 14.9 Å². The van der Waals surface area contributed by atoms with Gasteiger partial charge < -0.3 is 14.5 Å². The van der Waals surface area contributed by atoms with E-state index in [9.17, 15) is 19.3 Å². The molecule has 0 fully saturated rings. The Morgan fingerprint density at radius 2 is 2.17 bits per heavy atom. The molecule has 0 aliphatic heterocycles. The summed E-state index contributed by atoms with van der Waals surface area (Å²) >= 11 is 0. The van der Waals surface area contributed by atoms with Crippen molar-refractivity contribution in [2.75, 3.05) is 13.7 Å². The fraction of sp³-hybridized carbons (Fsp3) is 0.312. The fourth-order valence-electron chi connectivity index (χ4n) is 2.22. The van der Waals surface area contributed by atoms with Crippen LogP contribution in [0.4, 0.5) is 10.1 Å². The Kier molecular flexibility index (Phi) is 5.64. The molecule has 1 heterocycles. The van der Waals surface area contributed by atoms with Crippen LogP contribution in [0.15, 0.2) is 34.7 Å². The van der Waals surface area contributed by atoms with Crippen LogP contribution < -0.4 is 5.32 Å². The molecular formula is C16H17FN2O5. The SMILES string of the molecule is CCc1ccc(C(COC)NC(=O)c2cc(F)ccc2[N+](=O)[O-])o1. The summed E-state index contributed by atoms with van der Waals surface area (Å²) in [6.07, 6.45) is 0.684. The first-order valence-electron chi connectivity index (χ1n) is 7.28. The summed E-state index contributed by atoms with van der Waals surface area (Å²) in [7, 11) is 1.45. The van der Waals surface area contributed by atoms with Gasteiger partial charge in [0.15, 0.2) is 0 Å². The third kappa shape index (κ3) is 3.96. The highest BCUT2D eigenvalue weighted by molar-refractivity contribution is 5.98. The minimum atomic E-state index is -0.780. The van der Waals surface area contributed by atoms with Crippen molar-refractivity contribution in [3.63, 3.8) is 0 Å². The van der Waals surface area contributed by atoms with Gasteiger partial charge in [0.1, 0.15) is 28.9 Å². The smallest absolute Gasteiger partial charge is 0.282 e. The van der Waals surface area contributed by atoms with Crippen LogP contribution in [0.1, 0.15) is 34.8 Å². The van der Waals surface area contributed by atoms with Crippen LogP contribution in [0.25, 0.3) is 0 Å². The molecular weight excluding hydrogens is 319 g/mol. The van der Waals surface area contributed by atoms with E-state index in [4.69, 9.17) is 9.15 Å². The summed E-state index contributed by atoms with van der Waals surface area (Å²) in [4.78, 5) is 22.7. The summed E-state index contributed by atoms with van der Waals surface area (Å²) < 4.78 is 24.0. The molecule has 2 rings (SSSR count). The predicted molar refractivity (Wildman–Crippen MR) is 83.2 cm³/mol. The average Bonchev–Trinajstić information content (AvgIpc) is 3.03. The number of nitrogens with zero attached hydrogens (tertiary/aromatic N) is 1. The van der Waals surface area contributed by atoms with E-state index in [1.165, 1.54) is 7.11 Å². The maximum absolute atomic E-state index is 13.4. The van der Waals surface area contributed by atoms with Gasteiger partial charge in [0.2, 0.25) is 0 Å². The van der Waals surface area contributed by atoms with Gasteiger partial charge in [0.05, 0.1) is 11.5 Å². The van der Waals surface area contributed by atoms with Crippen molar-refractivity contribution in [2.24, 2.45) is 0 Å². The van der Waals surface area contributed by atoms with E-state index < -0.39 is 28.4 Å². The quantitative estimate of drug-likeness (QED) is 0.619. The highest BCUT2D eigenvalue weighted by Crippen LogP contribution is 2.22. The molecule has 0 saturated heterocycles. The number of furan rings is 1. The number of carbonyl (C=O) groups excluding carboxylic acids is 1. The van der Waals surface area contributed by atoms with Gasteiger partial charge in [-0.2, -0.15) is 0 Å². The van der Waals surface area contributed by atoms with Gasteiger partial charge >= 0.3 is 0 Å². The molecule has 7 nitrogen and oxygen atoms in total. The number of methoxy groups -OCH3 is 1. The first-order valence-corrected chi connectivity index (χ1v) is 7.28. The second-order valence-electron chi connectivity index (χ2n) is 5.06. The van der Waals surface area contributed by atoms with Gasteiger partial charge in [-0.15, -0.1) is 0 Å². The number of benzene rings is 1. The Morgan fingerprint density at radius 3 is 2.75 bits per heavy atom. The van der Waals surface area contributed by atoms with Gasteiger partial charge in [-0.05, 0) is 24.3 Å². The van der Waals surface area contributed by atoms with Crippen LogP contribution in [0, 0.1) is 15.9 Å². The molecule has 1 aromatic carbocycles. The van der Waals surface area contributed by atoms with Crippen LogP contribution in [0.2, 0.25) is 0 Å². The molecule has 0 saturated carbocycles. The monoisotopic (exact) mass is 336 g/mol. The van der Waals surface area contributed by atoms with Crippen LogP contribution >= 0.6 is 0 Å². The van der Waals surface area contributed by atoms with E-state index in [0.717, 1.165) is 24.0 Å². The number of nitrogens with one attached hydrogen (secondary N) is 1. The van der Waals surface area contributed by atoms with E-state index in [-0.39, 0.29) is 12.2 Å². The third-order valence-electron chi connectivity index (χ3n) is 3.41. The molecule has 1 aromatic heterocycles. The number of carbonyl (C=O) groups is 1. The normalized spacial score (nSPS) is 12.0. The molecule has 0 aliphatic rings. The van der Waals surface area contributed by atoms with E-state index in [2.05, 4.69) is 5.32 Å². The lowest BCUT2D eigenvalue weighted by molar-refractivity contribution is -0.385. The molecule has 128 valence electrons. The van der Waals surface area contributed by atoms with Crippen LogP contribution in [0.3, 0.4) is 0 Å². The van der Waals surface area contributed by atoms with Crippen LogP contribution in [0.5, 0.6) is 0 Å². The zero-order valence-corrected chi connectivity index (χ0v) is 13.2. The number of rotatable bonds is 7. The van der Waals surface area contributed by atoms with Crippen molar-refractivity contribution in [3.05, 3.63) is 63.3 Å². The number of amides is 1. The van der Waals surface area contributed by atoms with E-state index >= 15 is 0 Å². The number of nitro benzene ring substituents is 1. The van der Waals surface area contributed by atoms with Gasteiger partial charge in [-0.25, -0.2) is 4.39 Å². The average molecular weight is 336 g/mol. The molecule has 0 spiro atoms. The molecule has 24 heavy (non-hydrogen) atoms. The van der Waals surface area contributed by atoms with Crippen molar-refractivity contribution < 1.29 is 23.3 Å². The minimum Gasteiger partial charge on any atom is -0.464 e. The van der Waals surface area contributed by atoms with E-state index in [1.807, 2.05) is 6.92 Å². The summed E-state index contributed by atoms with van der Waals surface area (Å²) in [5, 5.41) is 13.6. The van der Waals surface area contributed by atoms with Crippen molar-refractivity contribution in [1.29, 1.82) is 0 Å². The van der Waals surface area contributed by atoms with Crippen molar-refractivity contribution in [1.82, 2.24) is 5.32 Å². The standard InChI is InChI=1S/C16H17FN2O5/c1-3-11-5-7-15(24-11)13(9-23-2)18-16(20)12-8-10(17)4-6-14(12)19(21)22/h4-8,13H,3,9H2,1-2H3,(H,18,20). The lowest BCUT2D eigenvalue weighted by atomic mass is 10.1. The van der Waals surface area contributed by atoms with Gasteiger partial charge in [-0.1, -0.05) is 6.92 Å². The zero-order valence-electron chi connectivity index (χ0n) is 13.2. The summed E-state index contributed by atoms with van der Waals surface area (Å²) in [6.45, 7) is 2.02. The Balaban J connectivity index is 2.28. The molecule has 2 aromatic rings. The van der Waals surface area contributed by atoms with Crippen LogP contribution in [-0.4, -0.2) is 24.5 Å². The maximum Gasteiger partial charge on any atom is 0.282 e. The lowest BCUT2D eigenvalue weighted by Crippen LogP contribution is -2.31. The number of hydrogen-bond donors (Lipinski definition) is 1. The molecule has 1 unspecified atom stereocenters. The van der Waals surface area contributed by atoms with E-state index in [0.29, 0.717) is 12.2 Å². The molecule has 1 N–H and O–H groups in total. The summed E-state index contributed by atoms with van der Waals surface area (Å²) in [6, 6.07) is 5.54. The zero-order chi connectivity index (χ0) is 17.7. The highest BCUT2D eigenvalue weighted by atomic mass is 19.1. The first-order chi connectivity index (χ1) is 11.5. The third-order valence-corrected chi connectivity index (χ3v) is 3.41. The van der Waals surface area contributed by atoms with Crippen molar-refractivity contribution in [3.8, 4) is 0 Å². The van der Waals surface area contributed by atoms with Crippen molar-refractivity contribution in [2.45, 2.75) is 19.4 Å². The van der Waals surface area contributed by atoms with Gasteiger partial charge in [0, 0.05) is 19.6 Å². The number of nitro groups is 1. The number of hydrogen-bond acceptors (Lipinski definition) is 5. The Bertz CT molecular complexity index is 744. The highest BCUT2D eigenvalue weighted by Gasteiger charge is 2.25. The summed E-state index contributed by atoms with van der Waals surface area (Å²) in [5.41, 5.74) is -0.831. The maximum atomic E-state index is 13.4. The molecule has 1 amide bonds. The molecule has 1 atom stereocenters. The molecule has 0 radical (unpaired) electrons. The second kappa shape index (κ2) is 7.69. The Morgan fingerprint density at radius 1 is 1.42 bits per heavy atom. The number of ether oxygens (including phenoxy) is 1. The Hall–Kier alpha value is -2.74. The van der Waals surface area contributed by atoms with Crippen molar-refractivity contribution >= 4 is 11.6 Å². The fourth-order valence-corrected chi connectivity index (χ4v) is 2.22. The number of halogens is 1. The second-order valence-corrected chi connectivity index (χ2v) is 5.06. The molecule has 0 aliphatic carbocycles. The predicted octanol–water partition coefficient (Wildman–Crippen LogP) is 3.01. The largest absolute Gasteiger partial charge is 0.464 e. The lowest BCUT2D eigenvalue weighted by Gasteiger charge is -2.16. The summed E-state index contributed by atoms with van der Waals surface area (Å²) in [5.74, 6) is -0.323. The minimum absolute atomic E-state index is 0.103. The topological polar surface area (TPSA) is 94.6 Å².